The average molecular weight is 442 g/mol. The Morgan fingerprint density at radius 1 is 1.38 bits per heavy atom. The van der Waals surface area contributed by atoms with Crippen molar-refractivity contribution in [3.63, 3.8) is 0 Å². The molecule has 174 valence electrons. The van der Waals surface area contributed by atoms with Gasteiger partial charge in [0.25, 0.3) is 0 Å². The predicted molar refractivity (Wildman–Crippen MR) is 124 cm³/mol. The van der Waals surface area contributed by atoms with Crippen LogP contribution < -0.4 is 4.74 Å². The standard InChI is InChI=1S/C25H31NO5.CH4/c1-5-6-7-8-20(28)30-19-11-12-25(29)17(3)26(4)14-13-24(25)21-16(2)9-10-18(15-27)22(21)31-23(19)24;/h5-11,17,23,27,29H,12-15H2,1-4H3;1H4/b6-5+,8-7+;/t17-,23+,24+,25-;/m1./s1. The predicted octanol–water partition coefficient (Wildman–Crippen LogP) is 3.54. The van der Waals surface area contributed by atoms with Crippen LogP contribution in [0.1, 0.15) is 50.8 Å². The van der Waals surface area contributed by atoms with E-state index in [1.165, 1.54) is 6.08 Å². The van der Waals surface area contributed by atoms with Gasteiger partial charge in [0, 0.05) is 29.7 Å². The number of esters is 1. The van der Waals surface area contributed by atoms with Crippen molar-refractivity contribution < 1.29 is 24.5 Å². The number of likely N-dealkylation sites (N-methyl/N-ethyl adjacent to an activating group) is 1. The molecule has 1 spiro atoms. The number of aliphatic hydroxyl groups is 2. The molecular weight excluding hydrogens is 406 g/mol. The van der Waals surface area contributed by atoms with E-state index in [1.807, 2.05) is 46.0 Å². The maximum atomic E-state index is 12.4. The number of piperidine rings is 1. The summed E-state index contributed by atoms with van der Waals surface area (Å²) in [6.45, 7) is 6.52. The lowest BCUT2D eigenvalue weighted by molar-refractivity contribution is -0.159. The number of hydrogen-bond donors (Lipinski definition) is 2. The Morgan fingerprint density at radius 2 is 2.12 bits per heavy atom. The molecule has 2 aliphatic heterocycles. The molecule has 0 unspecified atom stereocenters. The summed E-state index contributed by atoms with van der Waals surface area (Å²) in [5.74, 6) is 0.552. The van der Waals surface area contributed by atoms with E-state index in [1.54, 1.807) is 18.2 Å². The van der Waals surface area contributed by atoms with Crippen molar-refractivity contribution in [2.75, 3.05) is 13.6 Å². The smallest absolute Gasteiger partial charge is 0.335 e. The van der Waals surface area contributed by atoms with Gasteiger partial charge in [0.2, 0.25) is 0 Å². The topological polar surface area (TPSA) is 79.2 Å². The quantitative estimate of drug-likeness (QED) is 0.423. The number of allylic oxidation sites excluding steroid dienone is 3. The molecule has 0 bridgehead atoms. The van der Waals surface area contributed by atoms with Crippen LogP contribution >= 0.6 is 0 Å². The van der Waals surface area contributed by atoms with Crippen molar-refractivity contribution in [1.29, 1.82) is 0 Å². The summed E-state index contributed by atoms with van der Waals surface area (Å²) in [4.78, 5) is 14.6. The summed E-state index contributed by atoms with van der Waals surface area (Å²) in [5.41, 5.74) is 0.742. The number of likely N-dealkylation sites (tertiary alicyclic amines) is 1. The minimum Gasteiger partial charge on any atom is -0.481 e. The third kappa shape index (κ3) is 3.33. The molecule has 1 aromatic rings. The summed E-state index contributed by atoms with van der Waals surface area (Å²) in [7, 11) is 2.02. The Balaban J connectivity index is 0.00000289. The molecule has 1 aliphatic carbocycles. The van der Waals surface area contributed by atoms with Crippen molar-refractivity contribution in [2.24, 2.45) is 0 Å². The molecule has 1 aromatic carbocycles. The highest BCUT2D eigenvalue weighted by Gasteiger charge is 2.69. The van der Waals surface area contributed by atoms with Crippen molar-refractivity contribution in [1.82, 2.24) is 4.90 Å². The number of nitrogens with zero attached hydrogens (tertiary/aromatic N) is 1. The second-order valence-electron chi connectivity index (χ2n) is 8.82. The van der Waals surface area contributed by atoms with E-state index < -0.39 is 23.1 Å². The molecule has 3 aliphatic rings. The maximum Gasteiger partial charge on any atom is 0.335 e. The fourth-order valence-corrected chi connectivity index (χ4v) is 5.59. The normalized spacial score (nSPS) is 31.4. The van der Waals surface area contributed by atoms with Gasteiger partial charge in [-0.1, -0.05) is 37.8 Å². The van der Waals surface area contributed by atoms with Crippen LogP contribution in [0.5, 0.6) is 5.75 Å². The Bertz CT molecular complexity index is 981. The molecule has 2 heterocycles. The first-order valence-corrected chi connectivity index (χ1v) is 10.8. The van der Waals surface area contributed by atoms with Gasteiger partial charge in [-0.25, -0.2) is 4.79 Å². The fourth-order valence-electron chi connectivity index (χ4n) is 5.59. The lowest BCUT2D eigenvalue weighted by atomic mass is 9.54. The Kier molecular flexibility index (Phi) is 6.70. The van der Waals surface area contributed by atoms with Gasteiger partial charge in [0.15, 0.2) is 6.10 Å². The summed E-state index contributed by atoms with van der Waals surface area (Å²) in [6, 6.07) is 3.70. The highest BCUT2D eigenvalue weighted by molar-refractivity contribution is 5.83. The number of fused-ring (bicyclic) bond motifs is 1. The molecule has 32 heavy (non-hydrogen) atoms. The van der Waals surface area contributed by atoms with E-state index in [4.69, 9.17) is 9.47 Å². The van der Waals surface area contributed by atoms with Gasteiger partial charge in [-0.3, -0.25) is 0 Å². The SMILES string of the molecule is C.C/C=C/C=C/C(=O)OC1=CC[C@@]2(O)[C@@H](C)N(C)CC[C@@]23c2c(C)ccc(CO)c2O[C@@H]13. The van der Waals surface area contributed by atoms with E-state index in [0.29, 0.717) is 29.9 Å². The molecule has 6 nitrogen and oxygen atoms in total. The lowest BCUT2D eigenvalue weighted by Gasteiger charge is -2.58. The third-order valence-electron chi connectivity index (χ3n) is 7.36. The van der Waals surface area contributed by atoms with Gasteiger partial charge in [0.1, 0.15) is 11.5 Å². The van der Waals surface area contributed by atoms with Gasteiger partial charge < -0.3 is 24.6 Å². The first kappa shape index (κ1) is 24.2. The number of benzene rings is 1. The van der Waals surface area contributed by atoms with Crippen LogP contribution in [0.4, 0.5) is 0 Å². The third-order valence-corrected chi connectivity index (χ3v) is 7.36. The number of hydrogen-bond acceptors (Lipinski definition) is 6. The van der Waals surface area contributed by atoms with Crippen LogP contribution in [0, 0.1) is 6.92 Å². The minimum absolute atomic E-state index is 0. The van der Waals surface area contributed by atoms with Gasteiger partial charge in [-0.05, 0) is 52.4 Å². The number of carbonyl (C=O) groups excluding carboxylic acids is 1. The number of carbonyl (C=O) groups is 1. The molecule has 1 fully saturated rings. The van der Waals surface area contributed by atoms with Gasteiger partial charge in [-0.15, -0.1) is 0 Å². The lowest BCUT2D eigenvalue weighted by Crippen LogP contribution is -2.71. The first-order valence-electron chi connectivity index (χ1n) is 10.8. The molecule has 2 N–H and O–H groups in total. The molecule has 1 saturated heterocycles. The van der Waals surface area contributed by atoms with Crippen LogP contribution in [0.2, 0.25) is 0 Å². The van der Waals surface area contributed by atoms with E-state index in [9.17, 15) is 15.0 Å². The number of aliphatic hydroxyl groups excluding tert-OH is 1. The van der Waals surface area contributed by atoms with Gasteiger partial charge in [-0.2, -0.15) is 0 Å². The number of rotatable bonds is 4. The van der Waals surface area contributed by atoms with E-state index in [-0.39, 0.29) is 20.1 Å². The Hall–Kier alpha value is -2.41. The molecule has 4 atom stereocenters. The van der Waals surface area contributed by atoms with Crippen molar-refractivity contribution in [3.05, 3.63) is 65.0 Å². The summed E-state index contributed by atoms with van der Waals surface area (Å²) in [6.07, 6.45) is 8.75. The second kappa shape index (κ2) is 8.85. The highest BCUT2D eigenvalue weighted by Crippen LogP contribution is 2.61. The second-order valence-corrected chi connectivity index (χ2v) is 8.82. The van der Waals surface area contributed by atoms with E-state index in [0.717, 1.165) is 17.7 Å². The zero-order valence-corrected chi connectivity index (χ0v) is 18.6. The molecule has 4 rings (SSSR count). The Morgan fingerprint density at radius 3 is 2.81 bits per heavy atom. The largest absolute Gasteiger partial charge is 0.481 e. The summed E-state index contributed by atoms with van der Waals surface area (Å²) < 4.78 is 12.2. The minimum atomic E-state index is -1.11. The van der Waals surface area contributed by atoms with Crippen molar-refractivity contribution in [2.45, 2.75) is 70.8 Å². The molecule has 6 heteroatoms. The van der Waals surface area contributed by atoms with Crippen LogP contribution in [-0.2, 0) is 21.6 Å². The highest BCUT2D eigenvalue weighted by atomic mass is 16.6. The van der Waals surface area contributed by atoms with E-state index >= 15 is 0 Å². The van der Waals surface area contributed by atoms with Crippen LogP contribution in [0.25, 0.3) is 0 Å². The first-order chi connectivity index (χ1) is 14.8. The summed E-state index contributed by atoms with van der Waals surface area (Å²) in [5, 5.41) is 22.1. The Labute approximate surface area is 190 Å². The van der Waals surface area contributed by atoms with Crippen molar-refractivity contribution in [3.8, 4) is 5.75 Å². The van der Waals surface area contributed by atoms with Crippen LogP contribution in [-0.4, -0.2) is 52.4 Å². The monoisotopic (exact) mass is 441 g/mol. The van der Waals surface area contributed by atoms with Gasteiger partial charge >= 0.3 is 5.97 Å². The fraction of sp³-hybridized carbons (Fsp3) is 0.500. The molecule has 0 radical (unpaired) electrons. The zero-order valence-electron chi connectivity index (χ0n) is 18.6. The van der Waals surface area contributed by atoms with Gasteiger partial charge in [0.05, 0.1) is 17.6 Å². The summed E-state index contributed by atoms with van der Waals surface area (Å²) >= 11 is 0. The van der Waals surface area contributed by atoms with Crippen LogP contribution in [0.3, 0.4) is 0 Å². The average Bonchev–Trinajstić information content (AvgIpc) is 3.11. The molecular formula is C26H35NO5. The zero-order chi connectivity index (χ0) is 22.4. The number of aryl methyl sites for hydroxylation is 1. The molecule has 0 saturated carbocycles. The van der Waals surface area contributed by atoms with Crippen LogP contribution in [0.15, 0.2) is 48.3 Å². The van der Waals surface area contributed by atoms with Crippen molar-refractivity contribution >= 4 is 5.97 Å². The molecule has 0 amide bonds. The number of ether oxygens (including phenoxy) is 2. The maximum absolute atomic E-state index is 12.4. The van der Waals surface area contributed by atoms with E-state index in [2.05, 4.69) is 4.90 Å². The molecule has 0 aromatic heterocycles.